The van der Waals surface area contributed by atoms with E-state index in [1.807, 2.05) is 55.7 Å². The molecular formula is C24H25F3N4O3S. The van der Waals surface area contributed by atoms with Crippen molar-refractivity contribution in [3.05, 3.63) is 82.7 Å². The normalized spacial score (nSPS) is 12.2. The fraction of sp³-hybridized carbons (Fsp3) is 0.250. The van der Waals surface area contributed by atoms with E-state index < -0.39 is 34.2 Å². The Morgan fingerprint density at radius 1 is 1.09 bits per heavy atom. The van der Waals surface area contributed by atoms with E-state index in [1.54, 1.807) is 0 Å². The summed E-state index contributed by atoms with van der Waals surface area (Å²) < 4.78 is 66.1. The molecule has 35 heavy (non-hydrogen) atoms. The number of benzene rings is 2. The van der Waals surface area contributed by atoms with Crippen LogP contribution in [0.15, 0.2) is 59.7 Å². The van der Waals surface area contributed by atoms with Crippen LogP contribution in [0.25, 0.3) is 5.69 Å². The number of sulfonamides is 1. The molecule has 0 saturated heterocycles. The van der Waals surface area contributed by atoms with E-state index >= 15 is 0 Å². The first-order valence-electron chi connectivity index (χ1n) is 10.5. The second kappa shape index (κ2) is 9.95. The van der Waals surface area contributed by atoms with Gasteiger partial charge in [-0.15, -0.1) is 0 Å². The van der Waals surface area contributed by atoms with E-state index in [9.17, 15) is 26.4 Å². The van der Waals surface area contributed by atoms with E-state index in [0.29, 0.717) is 10.4 Å². The van der Waals surface area contributed by atoms with Crippen molar-refractivity contribution in [2.24, 2.45) is 5.10 Å². The van der Waals surface area contributed by atoms with Gasteiger partial charge in [-0.1, -0.05) is 23.8 Å². The molecule has 1 heterocycles. The van der Waals surface area contributed by atoms with Gasteiger partial charge in [0.15, 0.2) is 0 Å². The van der Waals surface area contributed by atoms with Crippen molar-refractivity contribution in [2.75, 3.05) is 17.1 Å². The summed E-state index contributed by atoms with van der Waals surface area (Å²) in [6.45, 7) is 5.09. The van der Waals surface area contributed by atoms with Gasteiger partial charge < -0.3 is 4.57 Å². The quantitative estimate of drug-likeness (QED) is 0.382. The molecule has 1 aromatic heterocycles. The number of nitrogens with zero attached hydrogens (tertiary/aromatic N) is 3. The van der Waals surface area contributed by atoms with E-state index in [2.05, 4.69) is 10.5 Å². The predicted octanol–water partition coefficient (Wildman–Crippen LogP) is 4.34. The fourth-order valence-electron chi connectivity index (χ4n) is 3.59. The van der Waals surface area contributed by atoms with Crippen LogP contribution in [0.5, 0.6) is 0 Å². The zero-order valence-electron chi connectivity index (χ0n) is 19.6. The number of carbonyl (C=O) groups is 1. The Morgan fingerprint density at radius 3 is 2.34 bits per heavy atom. The van der Waals surface area contributed by atoms with Crippen molar-refractivity contribution in [3.8, 4) is 5.69 Å². The summed E-state index contributed by atoms with van der Waals surface area (Å²) in [5.74, 6) is -0.809. The van der Waals surface area contributed by atoms with Crippen molar-refractivity contribution < 1.29 is 26.4 Å². The van der Waals surface area contributed by atoms with E-state index in [-0.39, 0.29) is 5.69 Å². The van der Waals surface area contributed by atoms with Crippen molar-refractivity contribution >= 4 is 27.8 Å². The molecule has 0 bridgehead atoms. The molecule has 0 fully saturated rings. The summed E-state index contributed by atoms with van der Waals surface area (Å²) in [6.07, 6.45) is -2.42. The highest BCUT2D eigenvalue weighted by atomic mass is 32.2. The van der Waals surface area contributed by atoms with Gasteiger partial charge in [0, 0.05) is 22.6 Å². The fourth-order valence-corrected chi connectivity index (χ4v) is 4.43. The number of aryl methyl sites for hydroxylation is 2. The van der Waals surface area contributed by atoms with Gasteiger partial charge in [0.2, 0.25) is 10.0 Å². The first-order valence-corrected chi connectivity index (χ1v) is 12.3. The topological polar surface area (TPSA) is 83.8 Å². The Kier molecular flexibility index (Phi) is 7.39. The number of halogens is 3. The van der Waals surface area contributed by atoms with Gasteiger partial charge >= 0.3 is 6.18 Å². The molecule has 3 rings (SSSR count). The summed E-state index contributed by atoms with van der Waals surface area (Å²) >= 11 is 0. The zero-order chi connectivity index (χ0) is 26.0. The minimum absolute atomic E-state index is 0.275. The standard InChI is InChI=1S/C24H25F3N4O3S/c1-16-8-10-21(11-9-16)31-17(2)12-19(18(31)3)14-28-29-23(32)15-30(35(4,33)34)22-7-5-6-20(13-22)24(25,26)27/h5-14H,15H2,1-4H3,(H,29,32)/b28-14-. The highest BCUT2D eigenvalue weighted by Gasteiger charge is 2.32. The minimum Gasteiger partial charge on any atom is -0.318 e. The second-order valence-corrected chi connectivity index (χ2v) is 10.0. The Balaban J connectivity index is 1.76. The number of hydrazone groups is 1. The summed E-state index contributed by atoms with van der Waals surface area (Å²) in [4.78, 5) is 12.4. The molecule has 2 aromatic carbocycles. The van der Waals surface area contributed by atoms with Gasteiger partial charge in [0.05, 0.1) is 23.7 Å². The monoisotopic (exact) mass is 506 g/mol. The summed E-state index contributed by atoms with van der Waals surface area (Å²) in [6, 6.07) is 13.6. The molecule has 7 nitrogen and oxygen atoms in total. The van der Waals surface area contributed by atoms with Crippen molar-refractivity contribution in [1.29, 1.82) is 0 Å². The number of anilines is 1. The third-order valence-corrected chi connectivity index (χ3v) is 6.44. The molecule has 3 aromatic rings. The van der Waals surface area contributed by atoms with Crippen LogP contribution in [-0.2, 0) is 21.0 Å². The molecule has 0 atom stereocenters. The highest BCUT2D eigenvalue weighted by Crippen LogP contribution is 2.32. The van der Waals surface area contributed by atoms with Crippen LogP contribution in [0.2, 0.25) is 0 Å². The minimum atomic E-state index is -4.66. The molecular weight excluding hydrogens is 481 g/mol. The van der Waals surface area contributed by atoms with E-state index in [1.165, 1.54) is 12.3 Å². The lowest BCUT2D eigenvalue weighted by molar-refractivity contribution is -0.137. The molecule has 0 radical (unpaired) electrons. The van der Waals surface area contributed by atoms with Gasteiger partial charge in [0.25, 0.3) is 5.91 Å². The molecule has 1 N–H and O–H groups in total. The van der Waals surface area contributed by atoms with Gasteiger partial charge in [-0.25, -0.2) is 13.8 Å². The van der Waals surface area contributed by atoms with E-state index in [4.69, 9.17) is 0 Å². The number of carbonyl (C=O) groups excluding carboxylic acids is 1. The Bertz CT molecular complexity index is 1360. The average molecular weight is 507 g/mol. The van der Waals surface area contributed by atoms with Crippen LogP contribution >= 0.6 is 0 Å². The second-order valence-electron chi connectivity index (χ2n) is 8.11. The zero-order valence-corrected chi connectivity index (χ0v) is 20.4. The summed E-state index contributed by atoms with van der Waals surface area (Å²) in [5.41, 5.74) is 5.62. The third kappa shape index (κ3) is 6.30. The van der Waals surface area contributed by atoms with Gasteiger partial charge in [-0.2, -0.15) is 18.3 Å². The number of aromatic nitrogens is 1. The average Bonchev–Trinajstić information content (AvgIpc) is 3.04. The molecule has 0 unspecified atom stereocenters. The maximum atomic E-state index is 13.0. The first-order chi connectivity index (χ1) is 16.3. The van der Waals surface area contributed by atoms with Gasteiger partial charge in [-0.05, 0) is 57.2 Å². The smallest absolute Gasteiger partial charge is 0.318 e. The summed E-state index contributed by atoms with van der Waals surface area (Å²) in [5, 5.41) is 3.91. The number of hydrogen-bond acceptors (Lipinski definition) is 4. The maximum absolute atomic E-state index is 13.0. The molecule has 11 heteroatoms. The number of nitrogens with one attached hydrogen (secondary N) is 1. The molecule has 0 aliphatic rings. The van der Waals surface area contributed by atoms with Crippen LogP contribution < -0.4 is 9.73 Å². The molecule has 0 aliphatic heterocycles. The third-order valence-electron chi connectivity index (χ3n) is 5.30. The van der Waals surface area contributed by atoms with Crippen LogP contribution in [0.4, 0.5) is 18.9 Å². The largest absolute Gasteiger partial charge is 0.416 e. The lowest BCUT2D eigenvalue weighted by atomic mass is 10.2. The van der Waals surface area contributed by atoms with Crippen molar-refractivity contribution in [3.63, 3.8) is 0 Å². The number of hydrogen-bond donors (Lipinski definition) is 1. The highest BCUT2D eigenvalue weighted by molar-refractivity contribution is 7.92. The van der Waals surface area contributed by atoms with Crippen LogP contribution in [-0.4, -0.2) is 37.9 Å². The van der Waals surface area contributed by atoms with Gasteiger partial charge in [-0.3, -0.25) is 9.10 Å². The first kappa shape index (κ1) is 26.0. The maximum Gasteiger partial charge on any atom is 0.416 e. The molecule has 0 aliphatic carbocycles. The number of rotatable bonds is 7. The van der Waals surface area contributed by atoms with E-state index in [0.717, 1.165) is 46.6 Å². The van der Waals surface area contributed by atoms with Crippen LogP contribution in [0, 0.1) is 20.8 Å². The Hall–Kier alpha value is -3.60. The molecule has 1 amide bonds. The lowest BCUT2D eigenvalue weighted by Crippen LogP contribution is -2.39. The van der Waals surface area contributed by atoms with Crippen molar-refractivity contribution in [2.45, 2.75) is 26.9 Å². The van der Waals surface area contributed by atoms with Crippen LogP contribution in [0.1, 0.15) is 28.1 Å². The Morgan fingerprint density at radius 2 is 1.74 bits per heavy atom. The Labute approximate surface area is 201 Å². The lowest BCUT2D eigenvalue weighted by Gasteiger charge is -2.22. The molecule has 0 saturated carbocycles. The van der Waals surface area contributed by atoms with Crippen molar-refractivity contribution in [1.82, 2.24) is 9.99 Å². The predicted molar refractivity (Wildman–Crippen MR) is 129 cm³/mol. The SMILES string of the molecule is Cc1ccc(-n2c(C)cc(/C=N\NC(=O)CN(c3cccc(C(F)(F)F)c3)S(C)(=O)=O)c2C)cc1. The number of amides is 1. The van der Waals surface area contributed by atoms with Gasteiger partial charge in [0.1, 0.15) is 6.54 Å². The van der Waals surface area contributed by atoms with Crippen LogP contribution in [0.3, 0.4) is 0 Å². The molecule has 186 valence electrons. The molecule has 0 spiro atoms. The number of alkyl halides is 3. The summed E-state index contributed by atoms with van der Waals surface area (Å²) in [7, 11) is -4.05.